The van der Waals surface area contributed by atoms with Gasteiger partial charge in [0.1, 0.15) is 6.29 Å². The first-order valence-electron chi connectivity index (χ1n) is 6.79. The zero-order chi connectivity index (χ0) is 17.7. The van der Waals surface area contributed by atoms with E-state index in [-0.39, 0.29) is 16.4 Å². The van der Waals surface area contributed by atoms with Crippen molar-refractivity contribution in [1.82, 2.24) is 4.98 Å². The van der Waals surface area contributed by atoms with Crippen molar-refractivity contribution in [3.8, 4) is 0 Å². The van der Waals surface area contributed by atoms with Gasteiger partial charge in [-0.25, -0.2) is 9.78 Å². The van der Waals surface area contributed by atoms with Gasteiger partial charge in [-0.15, -0.1) is 0 Å². The molecule has 2 rings (SSSR count). The van der Waals surface area contributed by atoms with Crippen LogP contribution in [-0.4, -0.2) is 29.3 Å². The molecule has 8 heteroatoms. The fraction of sp³-hybridized carbons (Fsp3) is 0.125. The van der Waals surface area contributed by atoms with E-state index in [1.54, 1.807) is 0 Å². The molecule has 0 saturated heterocycles. The molecule has 0 radical (unpaired) electrons. The van der Waals surface area contributed by atoms with Crippen molar-refractivity contribution >= 4 is 47.2 Å². The van der Waals surface area contributed by atoms with Gasteiger partial charge in [-0.2, -0.15) is 0 Å². The van der Waals surface area contributed by atoms with Crippen LogP contribution in [-0.2, 0) is 9.53 Å². The molecule has 6 nitrogen and oxygen atoms in total. The maximum Gasteiger partial charge on any atom is 0.338 e. The average molecular weight is 367 g/mol. The molecule has 0 bridgehead atoms. The van der Waals surface area contributed by atoms with Crippen LogP contribution in [0.2, 0.25) is 10.0 Å². The number of ether oxygens (including phenoxy) is 1. The van der Waals surface area contributed by atoms with E-state index in [4.69, 9.17) is 27.9 Å². The van der Waals surface area contributed by atoms with Crippen LogP contribution in [0.3, 0.4) is 0 Å². The predicted octanol–water partition coefficient (Wildman–Crippen LogP) is 3.38. The van der Waals surface area contributed by atoms with Crippen molar-refractivity contribution in [2.24, 2.45) is 0 Å². The van der Waals surface area contributed by atoms with Gasteiger partial charge in [0, 0.05) is 11.8 Å². The van der Waals surface area contributed by atoms with Crippen LogP contribution in [0, 0.1) is 0 Å². The second-order valence-corrected chi connectivity index (χ2v) is 5.60. The van der Waals surface area contributed by atoms with Crippen LogP contribution in [0.5, 0.6) is 0 Å². The Kier molecular flexibility index (Phi) is 5.89. The number of hydrogen-bond donors (Lipinski definition) is 1. The highest BCUT2D eigenvalue weighted by Crippen LogP contribution is 2.22. The quantitative estimate of drug-likeness (QED) is 0.647. The molecule has 0 unspecified atom stereocenters. The summed E-state index contributed by atoms with van der Waals surface area (Å²) in [4.78, 5) is 38.5. The van der Waals surface area contributed by atoms with Gasteiger partial charge in [0.25, 0.3) is 5.91 Å². The molecule has 0 aliphatic heterocycles. The molecule has 1 atom stereocenters. The number of hydrogen-bond acceptors (Lipinski definition) is 5. The normalized spacial score (nSPS) is 11.5. The Morgan fingerprint density at radius 1 is 1.25 bits per heavy atom. The third kappa shape index (κ3) is 4.53. The van der Waals surface area contributed by atoms with E-state index in [1.165, 1.54) is 43.5 Å². The molecule has 1 aromatic carbocycles. The highest BCUT2D eigenvalue weighted by Gasteiger charge is 2.20. The summed E-state index contributed by atoms with van der Waals surface area (Å²) in [6, 6.07) is 7.26. The molecule has 24 heavy (non-hydrogen) atoms. The number of carbonyl (C=O) groups is 3. The number of aromatic nitrogens is 1. The number of halogens is 2. The number of rotatable bonds is 5. The second-order valence-electron chi connectivity index (χ2n) is 4.76. The van der Waals surface area contributed by atoms with Gasteiger partial charge >= 0.3 is 5.97 Å². The molecule has 0 fully saturated rings. The van der Waals surface area contributed by atoms with Gasteiger partial charge in [-0.1, -0.05) is 35.3 Å². The van der Waals surface area contributed by atoms with E-state index in [2.05, 4.69) is 10.3 Å². The summed E-state index contributed by atoms with van der Waals surface area (Å²) in [5.41, 5.74) is 0.656. The molecule has 1 aromatic heterocycles. The molecule has 0 aliphatic carbocycles. The van der Waals surface area contributed by atoms with E-state index in [0.717, 1.165) is 0 Å². The van der Waals surface area contributed by atoms with Crippen molar-refractivity contribution in [2.75, 3.05) is 5.32 Å². The summed E-state index contributed by atoms with van der Waals surface area (Å²) in [6.45, 7) is 1.41. The monoisotopic (exact) mass is 366 g/mol. The van der Waals surface area contributed by atoms with Crippen LogP contribution in [0.15, 0.2) is 36.5 Å². The van der Waals surface area contributed by atoms with Crippen LogP contribution in [0.1, 0.15) is 27.6 Å². The highest BCUT2D eigenvalue weighted by atomic mass is 35.5. The summed E-state index contributed by atoms with van der Waals surface area (Å²) in [6.07, 6.45) is 0.916. The number of nitrogens with zero attached hydrogens (tertiary/aromatic N) is 1. The zero-order valence-electron chi connectivity index (χ0n) is 12.5. The molecule has 1 N–H and O–H groups in total. The standard InChI is InChI=1S/C16H12Cl2N2O4/c1-9(15(22)20-14-13(18)6-12(17)7-19-14)24-16(23)11-4-2-10(8-21)3-5-11/h2-9H,1H3,(H,19,20,22)/t9-/m0/s1. The number of nitrogens with one attached hydrogen (secondary N) is 1. The number of esters is 1. The van der Waals surface area contributed by atoms with E-state index < -0.39 is 18.0 Å². The van der Waals surface area contributed by atoms with Gasteiger partial charge in [0.2, 0.25) is 0 Å². The average Bonchev–Trinajstić information content (AvgIpc) is 2.57. The fourth-order valence-corrected chi connectivity index (χ4v) is 2.13. The Labute approximate surface area is 147 Å². The molecule has 1 amide bonds. The lowest BCUT2D eigenvalue weighted by Gasteiger charge is -2.13. The van der Waals surface area contributed by atoms with Gasteiger partial charge in [0.05, 0.1) is 15.6 Å². The molecule has 2 aromatic rings. The van der Waals surface area contributed by atoms with E-state index in [0.29, 0.717) is 16.9 Å². The van der Waals surface area contributed by atoms with Gasteiger partial charge in [-0.3, -0.25) is 9.59 Å². The zero-order valence-corrected chi connectivity index (χ0v) is 14.0. The summed E-state index contributed by atoms with van der Waals surface area (Å²) < 4.78 is 5.07. The maximum absolute atomic E-state index is 12.1. The van der Waals surface area contributed by atoms with Crippen molar-refractivity contribution < 1.29 is 19.1 Å². The molecule has 0 aliphatic rings. The molecule has 124 valence electrons. The third-order valence-corrected chi connectivity index (χ3v) is 3.48. The van der Waals surface area contributed by atoms with Crippen LogP contribution >= 0.6 is 23.2 Å². The molecule has 0 spiro atoms. The smallest absolute Gasteiger partial charge is 0.338 e. The van der Waals surface area contributed by atoms with Crippen LogP contribution in [0.4, 0.5) is 5.82 Å². The van der Waals surface area contributed by atoms with E-state index in [9.17, 15) is 14.4 Å². The topological polar surface area (TPSA) is 85.4 Å². The Bertz CT molecular complexity index is 778. The lowest BCUT2D eigenvalue weighted by molar-refractivity contribution is -0.123. The van der Waals surface area contributed by atoms with Crippen molar-refractivity contribution in [1.29, 1.82) is 0 Å². The number of anilines is 1. The SMILES string of the molecule is C[C@H](OC(=O)c1ccc(C=O)cc1)C(=O)Nc1ncc(Cl)cc1Cl. The Hall–Kier alpha value is -2.44. The number of carbonyl (C=O) groups excluding carboxylic acids is 3. The summed E-state index contributed by atoms with van der Waals surface area (Å²) in [5, 5.41) is 2.94. The van der Waals surface area contributed by atoms with Crippen molar-refractivity contribution in [3.05, 3.63) is 57.7 Å². The Morgan fingerprint density at radius 2 is 1.92 bits per heavy atom. The molecular weight excluding hydrogens is 355 g/mol. The minimum atomic E-state index is -1.07. The lowest BCUT2D eigenvalue weighted by atomic mass is 10.1. The number of benzene rings is 1. The van der Waals surface area contributed by atoms with Crippen molar-refractivity contribution in [2.45, 2.75) is 13.0 Å². The van der Waals surface area contributed by atoms with Crippen molar-refractivity contribution in [3.63, 3.8) is 0 Å². The minimum Gasteiger partial charge on any atom is -0.449 e. The lowest BCUT2D eigenvalue weighted by Crippen LogP contribution is -2.30. The summed E-state index contributed by atoms with van der Waals surface area (Å²) in [5.74, 6) is -1.17. The largest absolute Gasteiger partial charge is 0.449 e. The minimum absolute atomic E-state index is 0.115. The van der Waals surface area contributed by atoms with E-state index >= 15 is 0 Å². The van der Waals surface area contributed by atoms with Crippen LogP contribution in [0.25, 0.3) is 0 Å². The Morgan fingerprint density at radius 3 is 2.50 bits per heavy atom. The van der Waals surface area contributed by atoms with Crippen LogP contribution < -0.4 is 5.32 Å². The molecule has 1 heterocycles. The molecule has 0 saturated carbocycles. The number of pyridine rings is 1. The van der Waals surface area contributed by atoms with E-state index in [1.807, 2.05) is 0 Å². The Balaban J connectivity index is 1.99. The third-order valence-electron chi connectivity index (χ3n) is 2.98. The highest BCUT2D eigenvalue weighted by molar-refractivity contribution is 6.36. The first-order valence-corrected chi connectivity index (χ1v) is 7.54. The second kappa shape index (κ2) is 7.90. The summed E-state index contributed by atoms with van der Waals surface area (Å²) in [7, 11) is 0. The summed E-state index contributed by atoms with van der Waals surface area (Å²) >= 11 is 11.6. The van der Waals surface area contributed by atoms with Gasteiger partial charge in [0.15, 0.2) is 11.9 Å². The molecular formula is C16H12Cl2N2O4. The number of aldehydes is 1. The predicted molar refractivity (Wildman–Crippen MR) is 89.6 cm³/mol. The first kappa shape index (κ1) is 17.9. The van der Waals surface area contributed by atoms with Gasteiger partial charge in [-0.05, 0) is 25.1 Å². The fourth-order valence-electron chi connectivity index (χ4n) is 1.70. The first-order chi connectivity index (χ1) is 11.4. The number of amides is 1. The maximum atomic E-state index is 12.1. The van der Waals surface area contributed by atoms with Gasteiger partial charge < -0.3 is 10.1 Å².